The maximum Gasteiger partial charge on any atom is 0.309 e. The Balaban J connectivity index is 2.27. The average molecular weight is 255 g/mol. The highest BCUT2D eigenvalue weighted by Crippen LogP contribution is 2.35. The molecule has 1 aromatic carbocycles. The van der Waals surface area contributed by atoms with Gasteiger partial charge in [-0.2, -0.15) is 5.26 Å². The van der Waals surface area contributed by atoms with Gasteiger partial charge >= 0.3 is 5.97 Å². The molecule has 0 fully saturated rings. The fraction of sp³-hybridized carbons (Fsp3) is 0.375. The van der Waals surface area contributed by atoms with Gasteiger partial charge in [0.25, 0.3) is 0 Å². The third kappa shape index (κ3) is 3.03. The molecule has 2 unspecified atom stereocenters. The lowest BCUT2D eigenvalue weighted by Gasteiger charge is -2.27. The zero-order chi connectivity index (χ0) is 13.7. The van der Waals surface area contributed by atoms with Gasteiger partial charge in [0.2, 0.25) is 0 Å². The summed E-state index contributed by atoms with van der Waals surface area (Å²) in [5.41, 5.74) is 1.68. The molecule has 3 nitrogen and oxygen atoms in total. The number of carbonyl (C=O) groups excluding carboxylic acids is 1. The minimum Gasteiger partial charge on any atom is -0.466 e. The molecule has 0 amide bonds. The highest BCUT2D eigenvalue weighted by atomic mass is 16.5. The summed E-state index contributed by atoms with van der Waals surface area (Å²) in [5.74, 6) is -0.171. The zero-order valence-corrected chi connectivity index (χ0v) is 11.0. The van der Waals surface area contributed by atoms with Crippen LogP contribution in [0.3, 0.4) is 0 Å². The lowest BCUT2D eigenvalue weighted by molar-refractivity contribution is -0.148. The predicted octanol–water partition coefficient (Wildman–Crippen LogP) is 3.17. The van der Waals surface area contributed by atoms with Crippen LogP contribution >= 0.6 is 0 Å². The van der Waals surface area contributed by atoms with Crippen LogP contribution in [0.5, 0.6) is 0 Å². The lowest BCUT2D eigenvalue weighted by atomic mass is 9.78. The second-order valence-electron chi connectivity index (χ2n) is 4.65. The van der Waals surface area contributed by atoms with Gasteiger partial charge in [-0.05, 0) is 37.5 Å². The topological polar surface area (TPSA) is 50.1 Å². The molecule has 0 N–H and O–H groups in total. The number of hydrogen-bond donors (Lipinski definition) is 0. The molecule has 2 atom stereocenters. The van der Waals surface area contributed by atoms with Crippen molar-refractivity contribution in [2.45, 2.75) is 25.7 Å². The van der Waals surface area contributed by atoms with Gasteiger partial charge in [0, 0.05) is 5.92 Å². The number of nitriles is 1. The molecule has 0 heterocycles. The number of benzene rings is 1. The fourth-order valence-corrected chi connectivity index (χ4v) is 2.53. The van der Waals surface area contributed by atoms with Crippen LogP contribution in [0.15, 0.2) is 36.4 Å². The first-order chi connectivity index (χ1) is 9.26. The quantitative estimate of drug-likeness (QED) is 0.615. The van der Waals surface area contributed by atoms with E-state index in [1.165, 1.54) is 0 Å². The average Bonchev–Trinajstić information content (AvgIpc) is 2.47. The molecule has 98 valence electrons. The van der Waals surface area contributed by atoms with Crippen molar-refractivity contribution in [1.29, 1.82) is 5.26 Å². The van der Waals surface area contributed by atoms with Crippen molar-refractivity contribution in [2.24, 2.45) is 5.92 Å². The van der Waals surface area contributed by atoms with Crippen molar-refractivity contribution in [3.63, 3.8) is 0 Å². The molecule has 0 saturated carbocycles. The maximum atomic E-state index is 12.0. The third-order valence-electron chi connectivity index (χ3n) is 3.47. The summed E-state index contributed by atoms with van der Waals surface area (Å²) in [6.07, 6.45) is 5.66. The van der Waals surface area contributed by atoms with Gasteiger partial charge in [0.05, 0.1) is 24.2 Å². The number of ether oxygens (including phenoxy) is 1. The van der Waals surface area contributed by atoms with E-state index < -0.39 is 0 Å². The Morgan fingerprint density at radius 3 is 2.95 bits per heavy atom. The number of allylic oxidation sites excluding steroid dienone is 2. The smallest absolute Gasteiger partial charge is 0.309 e. The first-order valence-electron chi connectivity index (χ1n) is 6.58. The Hall–Kier alpha value is -2.08. The summed E-state index contributed by atoms with van der Waals surface area (Å²) in [5, 5.41) is 8.96. The van der Waals surface area contributed by atoms with E-state index >= 15 is 0 Å². The van der Waals surface area contributed by atoms with Crippen LogP contribution in [0, 0.1) is 17.2 Å². The van der Waals surface area contributed by atoms with E-state index in [0.717, 1.165) is 12.0 Å². The summed E-state index contributed by atoms with van der Waals surface area (Å²) in [7, 11) is 0. The fourth-order valence-electron chi connectivity index (χ4n) is 2.53. The molecule has 0 radical (unpaired) electrons. The van der Waals surface area contributed by atoms with E-state index in [-0.39, 0.29) is 17.8 Å². The van der Waals surface area contributed by atoms with Crippen LogP contribution in [-0.4, -0.2) is 12.6 Å². The van der Waals surface area contributed by atoms with Crippen LogP contribution in [0.25, 0.3) is 0 Å². The van der Waals surface area contributed by atoms with E-state index in [1.807, 2.05) is 31.2 Å². The van der Waals surface area contributed by atoms with Gasteiger partial charge in [0.1, 0.15) is 0 Å². The van der Waals surface area contributed by atoms with Crippen LogP contribution in [0.4, 0.5) is 0 Å². The molecule has 0 spiro atoms. The van der Waals surface area contributed by atoms with Gasteiger partial charge in [-0.25, -0.2) is 0 Å². The number of esters is 1. The molecule has 2 rings (SSSR count). The van der Waals surface area contributed by atoms with Crippen molar-refractivity contribution in [2.75, 3.05) is 6.61 Å². The maximum absolute atomic E-state index is 12.0. The number of nitrogens with zero attached hydrogens (tertiary/aromatic N) is 1. The molecule has 0 aliphatic heterocycles. The number of hydrogen-bond acceptors (Lipinski definition) is 3. The van der Waals surface area contributed by atoms with Gasteiger partial charge in [0.15, 0.2) is 0 Å². The molecular weight excluding hydrogens is 238 g/mol. The summed E-state index contributed by atoms with van der Waals surface area (Å²) in [6.45, 7) is 2.23. The lowest BCUT2D eigenvalue weighted by Crippen LogP contribution is -2.26. The van der Waals surface area contributed by atoms with Crippen LogP contribution < -0.4 is 0 Å². The Labute approximate surface area is 113 Å². The first-order valence-corrected chi connectivity index (χ1v) is 6.58. The summed E-state index contributed by atoms with van der Waals surface area (Å²) < 4.78 is 5.15. The highest BCUT2D eigenvalue weighted by molar-refractivity contribution is 5.74. The van der Waals surface area contributed by atoms with E-state index in [9.17, 15) is 4.79 Å². The third-order valence-corrected chi connectivity index (χ3v) is 3.47. The van der Waals surface area contributed by atoms with Crippen molar-refractivity contribution in [3.8, 4) is 6.07 Å². The Morgan fingerprint density at radius 2 is 2.21 bits per heavy atom. The molecule has 0 aromatic heterocycles. The minimum atomic E-state index is -0.140. The molecule has 3 heteroatoms. The minimum absolute atomic E-state index is 0.109. The van der Waals surface area contributed by atoms with E-state index in [2.05, 4.69) is 12.1 Å². The normalized spacial score (nSPS) is 21.7. The molecule has 1 aliphatic carbocycles. The second-order valence-corrected chi connectivity index (χ2v) is 4.65. The van der Waals surface area contributed by atoms with Crippen molar-refractivity contribution in [1.82, 2.24) is 0 Å². The monoisotopic (exact) mass is 255 g/mol. The van der Waals surface area contributed by atoms with Crippen LogP contribution in [0.2, 0.25) is 0 Å². The molecule has 19 heavy (non-hydrogen) atoms. The SMILES string of the molecule is CCOC(=O)C1CC=CCC1c1cccc(C#N)c1. The van der Waals surface area contributed by atoms with E-state index in [0.29, 0.717) is 18.6 Å². The molecule has 1 aromatic rings. The van der Waals surface area contributed by atoms with Crippen molar-refractivity contribution in [3.05, 3.63) is 47.5 Å². The van der Waals surface area contributed by atoms with E-state index in [1.54, 1.807) is 6.07 Å². The molecular formula is C16H17NO2. The number of rotatable bonds is 3. The molecule has 0 saturated heterocycles. The standard InChI is InChI=1S/C16H17NO2/c1-2-19-16(18)15-9-4-3-8-14(15)13-7-5-6-12(10-13)11-17/h3-7,10,14-15H,2,8-9H2,1H3. The Bertz CT molecular complexity index is 528. The van der Waals surface area contributed by atoms with E-state index in [4.69, 9.17) is 10.00 Å². The Kier molecular flexibility index (Phi) is 4.35. The van der Waals surface area contributed by atoms with Gasteiger partial charge in [-0.15, -0.1) is 0 Å². The van der Waals surface area contributed by atoms with Gasteiger partial charge in [-0.3, -0.25) is 4.79 Å². The van der Waals surface area contributed by atoms with Gasteiger partial charge < -0.3 is 4.74 Å². The largest absolute Gasteiger partial charge is 0.466 e. The number of carbonyl (C=O) groups is 1. The van der Waals surface area contributed by atoms with Gasteiger partial charge in [-0.1, -0.05) is 24.3 Å². The first kappa shape index (κ1) is 13.4. The Morgan fingerprint density at radius 1 is 1.42 bits per heavy atom. The van der Waals surface area contributed by atoms with Crippen LogP contribution in [0.1, 0.15) is 36.8 Å². The molecule has 1 aliphatic rings. The zero-order valence-electron chi connectivity index (χ0n) is 11.0. The predicted molar refractivity (Wildman–Crippen MR) is 72.4 cm³/mol. The van der Waals surface area contributed by atoms with Crippen molar-refractivity contribution >= 4 is 5.97 Å². The van der Waals surface area contributed by atoms with Crippen molar-refractivity contribution < 1.29 is 9.53 Å². The summed E-state index contributed by atoms with van der Waals surface area (Å²) >= 11 is 0. The summed E-state index contributed by atoms with van der Waals surface area (Å²) in [6, 6.07) is 9.64. The highest BCUT2D eigenvalue weighted by Gasteiger charge is 2.31. The van der Waals surface area contributed by atoms with Crippen LogP contribution in [-0.2, 0) is 9.53 Å². The summed E-state index contributed by atoms with van der Waals surface area (Å²) in [4.78, 5) is 12.0. The molecule has 0 bridgehead atoms. The second kappa shape index (κ2) is 6.19.